The van der Waals surface area contributed by atoms with Crippen LogP contribution in [0.5, 0.6) is 0 Å². The summed E-state index contributed by atoms with van der Waals surface area (Å²) in [5.74, 6) is -0.214. The molecule has 0 heterocycles. The number of anilines is 1. The lowest BCUT2D eigenvalue weighted by Gasteiger charge is -2.21. The molecule has 1 rings (SSSR count). The second-order valence-corrected chi connectivity index (χ2v) is 3.34. The largest absolute Gasteiger partial charge is 0.373 e. The number of halogens is 1. The minimum atomic E-state index is -0.214. The lowest BCUT2D eigenvalue weighted by atomic mass is 10.2. The Balaban J connectivity index is 2.71. The Morgan fingerprint density at radius 1 is 1.54 bits per heavy atom. The van der Waals surface area contributed by atoms with Gasteiger partial charge in [0.1, 0.15) is 5.82 Å². The lowest BCUT2D eigenvalue weighted by Crippen LogP contribution is -2.32. The van der Waals surface area contributed by atoms with Crippen LogP contribution in [0.1, 0.15) is 6.92 Å². The molecule has 0 amide bonds. The highest BCUT2D eigenvalue weighted by molar-refractivity contribution is 5.45. The second-order valence-electron chi connectivity index (χ2n) is 3.34. The number of hydrogen-bond donors (Lipinski definition) is 1. The van der Waals surface area contributed by atoms with Gasteiger partial charge < -0.3 is 10.6 Å². The Hall–Kier alpha value is -1.09. The van der Waals surface area contributed by atoms with E-state index in [-0.39, 0.29) is 11.9 Å². The third-order valence-electron chi connectivity index (χ3n) is 1.81. The molecule has 0 fully saturated rings. The predicted octanol–water partition coefficient (Wildman–Crippen LogP) is 1.61. The van der Waals surface area contributed by atoms with Gasteiger partial charge in [-0.05, 0) is 25.1 Å². The monoisotopic (exact) mass is 182 g/mol. The van der Waals surface area contributed by atoms with Gasteiger partial charge in [0.15, 0.2) is 0 Å². The summed E-state index contributed by atoms with van der Waals surface area (Å²) in [6.07, 6.45) is 0. The van der Waals surface area contributed by atoms with E-state index in [1.165, 1.54) is 12.1 Å². The number of benzene rings is 1. The molecule has 0 aliphatic rings. The van der Waals surface area contributed by atoms with E-state index in [4.69, 9.17) is 5.73 Å². The summed E-state index contributed by atoms with van der Waals surface area (Å²) in [7, 11) is 1.90. The van der Waals surface area contributed by atoms with Crippen molar-refractivity contribution in [3.63, 3.8) is 0 Å². The molecule has 2 N–H and O–H groups in total. The van der Waals surface area contributed by atoms with Crippen molar-refractivity contribution >= 4 is 5.69 Å². The Kier molecular flexibility index (Phi) is 3.25. The number of nitrogens with two attached hydrogens (primary N) is 1. The molecule has 0 saturated heterocycles. The van der Waals surface area contributed by atoms with Crippen molar-refractivity contribution in [3.05, 3.63) is 30.1 Å². The van der Waals surface area contributed by atoms with E-state index in [0.29, 0.717) is 0 Å². The van der Waals surface area contributed by atoms with Gasteiger partial charge in [-0.25, -0.2) is 4.39 Å². The molecule has 72 valence electrons. The van der Waals surface area contributed by atoms with Crippen LogP contribution in [0, 0.1) is 5.82 Å². The normalized spacial score (nSPS) is 12.6. The van der Waals surface area contributed by atoms with Gasteiger partial charge in [-0.15, -0.1) is 0 Å². The molecule has 0 radical (unpaired) electrons. The van der Waals surface area contributed by atoms with E-state index >= 15 is 0 Å². The third kappa shape index (κ3) is 3.03. The Bertz CT molecular complexity index is 273. The Labute approximate surface area is 78.2 Å². The van der Waals surface area contributed by atoms with Crippen LogP contribution < -0.4 is 10.6 Å². The van der Waals surface area contributed by atoms with Gasteiger partial charge in [0.2, 0.25) is 0 Å². The molecule has 1 aromatic carbocycles. The summed E-state index contributed by atoms with van der Waals surface area (Å²) >= 11 is 0. The first-order valence-electron chi connectivity index (χ1n) is 4.32. The van der Waals surface area contributed by atoms with Gasteiger partial charge in [0.25, 0.3) is 0 Å². The SMILES string of the molecule is CC(N)CN(C)c1cccc(F)c1. The Morgan fingerprint density at radius 3 is 2.77 bits per heavy atom. The molecule has 0 aliphatic carbocycles. The van der Waals surface area contributed by atoms with Gasteiger partial charge in [0, 0.05) is 25.3 Å². The molecule has 1 atom stereocenters. The highest BCUT2D eigenvalue weighted by atomic mass is 19.1. The predicted molar refractivity (Wildman–Crippen MR) is 53.3 cm³/mol. The average Bonchev–Trinajstić information content (AvgIpc) is 2.03. The maximum atomic E-state index is 12.8. The molecule has 1 aromatic rings. The first-order valence-corrected chi connectivity index (χ1v) is 4.32. The maximum absolute atomic E-state index is 12.8. The standard InChI is InChI=1S/C10H15FN2/c1-8(12)7-13(2)10-5-3-4-9(11)6-10/h3-6,8H,7,12H2,1-2H3. The molecule has 0 spiro atoms. The van der Waals surface area contributed by atoms with Gasteiger partial charge in [-0.3, -0.25) is 0 Å². The van der Waals surface area contributed by atoms with E-state index in [1.54, 1.807) is 6.07 Å². The van der Waals surface area contributed by atoms with Crippen LogP contribution >= 0.6 is 0 Å². The maximum Gasteiger partial charge on any atom is 0.125 e. The number of hydrogen-bond acceptors (Lipinski definition) is 2. The van der Waals surface area contributed by atoms with Gasteiger partial charge >= 0.3 is 0 Å². The zero-order valence-corrected chi connectivity index (χ0v) is 8.00. The van der Waals surface area contributed by atoms with Crippen LogP contribution in [0.25, 0.3) is 0 Å². The number of rotatable bonds is 3. The molecule has 0 aliphatic heterocycles. The molecule has 1 unspecified atom stereocenters. The topological polar surface area (TPSA) is 29.3 Å². The molecular weight excluding hydrogens is 167 g/mol. The fraction of sp³-hybridized carbons (Fsp3) is 0.400. The molecular formula is C10H15FN2. The van der Waals surface area contributed by atoms with Crippen molar-refractivity contribution < 1.29 is 4.39 Å². The van der Waals surface area contributed by atoms with Crippen molar-refractivity contribution in [1.29, 1.82) is 0 Å². The molecule has 13 heavy (non-hydrogen) atoms. The van der Waals surface area contributed by atoms with Crippen molar-refractivity contribution in [2.24, 2.45) is 5.73 Å². The smallest absolute Gasteiger partial charge is 0.125 e. The zero-order chi connectivity index (χ0) is 9.84. The summed E-state index contributed by atoms with van der Waals surface area (Å²) in [6.45, 7) is 2.65. The fourth-order valence-electron chi connectivity index (χ4n) is 1.25. The summed E-state index contributed by atoms with van der Waals surface area (Å²) in [5, 5.41) is 0. The summed E-state index contributed by atoms with van der Waals surface area (Å²) < 4.78 is 12.8. The van der Waals surface area contributed by atoms with Crippen LogP contribution in [0.4, 0.5) is 10.1 Å². The third-order valence-corrected chi connectivity index (χ3v) is 1.81. The van der Waals surface area contributed by atoms with E-state index in [0.717, 1.165) is 12.2 Å². The minimum absolute atomic E-state index is 0.0910. The van der Waals surface area contributed by atoms with E-state index in [2.05, 4.69) is 0 Å². The first kappa shape index (κ1) is 9.99. The van der Waals surface area contributed by atoms with E-state index < -0.39 is 0 Å². The highest BCUT2D eigenvalue weighted by Crippen LogP contribution is 2.13. The van der Waals surface area contributed by atoms with Crippen molar-refractivity contribution in [2.75, 3.05) is 18.5 Å². The molecule has 0 aromatic heterocycles. The van der Waals surface area contributed by atoms with Crippen LogP contribution in [0.15, 0.2) is 24.3 Å². The fourth-order valence-corrected chi connectivity index (χ4v) is 1.25. The van der Waals surface area contributed by atoms with Crippen molar-refractivity contribution in [1.82, 2.24) is 0 Å². The van der Waals surface area contributed by atoms with Crippen molar-refractivity contribution in [3.8, 4) is 0 Å². The summed E-state index contributed by atoms with van der Waals surface area (Å²) in [6, 6.07) is 6.59. The summed E-state index contributed by atoms with van der Waals surface area (Å²) in [4.78, 5) is 1.94. The van der Waals surface area contributed by atoms with Gasteiger partial charge in [0.05, 0.1) is 0 Å². The van der Waals surface area contributed by atoms with Crippen LogP contribution in [-0.4, -0.2) is 19.6 Å². The number of nitrogens with zero attached hydrogens (tertiary/aromatic N) is 1. The molecule has 0 saturated carbocycles. The van der Waals surface area contributed by atoms with Gasteiger partial charge in [-0.2, -0.15) is 0 Å². The number of likely N-dealkylation sites (N-methyl/N-ethyl adjacent to an activating group) is 1. The quantitative estimate of drug-likeness (QED) is 0.769. The minimum Gasteiger partial charge on any atom is -0.373 e. The van der Waals surface area contributed by atoms with Gasteiger partial charge in [-0.1, -0.05) is 6.07 Å². The van der Waals surface area contributed by atoms with Crippen LogP contribution in [-0.2, 0) is 0 Å². The average molecular weight is 182 g/mol. The molecule has 2 nitrogen and oxygen atoms in total. The zero-order valence-electron chi connectivity index (χ0n) is 8.00. The molecule has 3 heteroatoms. The van der Waals surface area contributed by atoms with E-state index in [9.17, 15) is 4.39 Å². The van der Waals surface area contributed by atoms with Crippen LogP contribution in [0.3, 0.4) is 0 Å². The Morgan fingerprint density at radius 2 is 2.23 bits per heavy atom. The highest BCUT2D eigenvalue weighted by Gasteiger charge is 2.03. The van der Waals surface area contributed by atoms with Crippen LogP contribution in [0.2, 0.25) is 0 Å². The first-order chi connectivity index (χ1) is 6.09. The van der Waals surface area contributed by atoms with E-state index in [1.807, 2.05) is 24.9 Å². The second kappa shape index (κ2) is 4.23. The molecule has 0 bridgehead atoms. The lowest BCUT2D eigenvalue weighted by molar-refractivity contribution is 0.626. The summed E-state index contributed by atoms with van der Waals surface area (Å²) in [5.41, 5.74) is 6.49. The van der Waals surface area contributed by atoms with Crippen molar-refractivity contribution in [2.45, 2.75) is 13.0 Å².